The first kappa shape index (κ1) is 18.6. The molecule has 1 aliphatic rings. The van der Waals surface area contributed by atoms with Crippen LogP contribution in [0.5, 0.6) is 0 Å². The first-order valence-electron chi connectivity index (χ1n) is 8.86. The molecule has 0 heterocycles. The van der Waals surface area contributed by atoms with Gasteiger partial charge in [-0.1, -0.05) is 42.0 Å². The number of amides is 1. The fourth-order valence-corrected chi connectivity index (χ4v) is 4.00. The molecule has 0 radical (unpaired) electrons. The minimum atomic E-state index is -3.42. The molecule has 2 aromatic rings. The first-order chi connectivity index (χ1) is 12.4. The van der Waals surface area contributed by atoms with Crippen molar-refractivity contribution in [2.24, 2.45) is 0 Å². The molecule has 1 aliphatic carbocycles. The Balaban J connectivity index is 1.47. The minimum absolute atomic E-state index is 0.0152. The molecule has 0 unspecified atom stereocenters. The maximum atomic E-state index is 12.1. The number of nitrogens with one attached hydrogen (secondary N) is 2. The Hall–Kier alpha value is -2.18. The lowest BCUT2D eigenvalue weighted by Crippen LogP contribution is -2.25. The summed E-state index contributed by atoms with van der Waals surface area (Å²) in [4.78, 5) is 12.3. The SMILES string of the molecule is Cc1cccc(CNC(=O)CCc2ccc(S(=O)(=O)NC3CC3)cc2)c1. The molecule has 1 saturated carbocycles. The van der Waals surface area contributed by atoms with Crippen molar-refractivity contribution < 1.29 is 13.2 Å². The van der Waals surface area contributed by atoms with Crippen LogP contribution in [0.25, 0.3) is 0 Å². The summed E-state index contributed by atoms with van der Waals surface area (Å²) in [5.41, 5.74) is 3.19. The fraction of sp³-hybridized carbons (Fsp3) is 0.350. The van der Waals surface area contributed by atoms with Gasteiger partial charge in [0, 0.05) is 19.0 Å². The average Bonchev–Trinajstić information content (AvgIpc) is 3.42. The van der Waals surface area contributed by atoms with Gasteiger partial charge in [0.25, 0.3) is 0 Å². The van der Waals surface area contributed by atoms with Crippen LogP contribution in [-0.2, 0) is 27.8 Å². The molecule has 0 aliphatic heterocycles. The van der Waals surface area contributed by atoms with Gasteiger partial charge in [0.1, 0.15) is 0 Å². The standard InChI is InChI=1S/C20H24N2O3S/c1-15-3-2-4-17(13-15)14-21-20(23)12-7-16-5-10-19(11-6-16)26(24,25)22-18-8-9-18/h2-6,10-11,13,18,22H,7-9,12,14H2,1H3,(H,21,23). The van der Waals surface area contributed by atoms with Gasteiger partial charge in [-0.15, -0.1) is 0 Å². The highest BCUT2D eigenvalue weighted by molar-refractivity contribution is 7.89. The highest BCUT2D eigenvalue weighted by Crippen LogP contribution is 2.22. The molecule has 2 aromatic carbocycles. The molecule has 1 fully saturated rings. The molecular formula is C20H24N2O3S. The van der Waals surface area contributed by atoms with Crippen LogP contribution in [0.4, 0.5) is 0 Å². The second-order valence-electron chi connectivity index (χ2n) is 6.81. The number of hydrogen-bond acceptors (Lipinski definition) is 3. The molecule has 2 N–H and O–H groups in total. The van der Waals surface area contributed by atoms with E-state index in [1.807, 2.05) is 25.1 Å². The molecule has 0 saturated heterocycles. The van der Waals surface area contributed by atoms with Crippen LogP contribution in [0.1, 0.15) is 36.0 Å². The predicted octanol–water partition coefficient (Wildman–Crippen LogP) is 2.68. The average molecular weight is 372 g/mol. The molecule has 0 aromatic heterocycles. The fourth-order valence-electron chi connectivity index (χ4n) is 2.69. The van der Waals surface area contributed by atoms with Gasteiger partial charge < -0.3 is 5.32 Å². The van der Waals surface area contributed by atoms with E-state index in [1.165, 1.54) is 5.56 Å². The van der Waals surface area contributed by atoms with Gasteiger partial charge in [-0.25, -0.2) is 13.1 Å². The highest BCUT2D eigenvalue weighted by Gasteiger charge is 2.27. The van der Waals surface area contributed by atoms with Crippen molar-refractivity contribution in [3.8, 4) is 0 Å². The van der Waals surface area contributed by atoms with Crippen LogP contribution in [0.2, 0.25) is 0 Å². The van der Waals surface area contributed by atoms with E-state index in [4.69, 9.17) is 0 Å². The Morgan fingerprint density at radius 2 is 1.81 bits per heavy atom. The van der Waals surface area contributed by atoms with Crippen LogP contribution >= 0.6 is 0 Å². The van der Waals surface area contributed by atoms with Crippen LogP contribution in [0, 0.1) is 6.92 Å². The van der Waals surface area contributed by atoms with Crippen molar-refractivity contribution in [2.75, 3.05) is 0 Å². The quantitative estimate of drug-likeness (QED) is 0.748. The molecule has 138 valence electrons. The summed E-state index contributed by atoms with van der Waals surface area (Å²) >= 11 is 0. The second-order valence-corrected chi connectivity index (χ2v) is 8.52. The summed E-state index contributed by atoms with van der Waals surface area (Å²) in [5.74, 6) is -0.0152. The van der Waals surface area contributed by atoms with E-state index in [-0.39, 0.29) is 16.8 Å². The first-order valence-corrected chi connectivity index (χ1v) is 10.3. The number of benzene rings is 2. The largest absolute Gasteiger partial charge is 0.352 e. The molecule has 0 spiro atoms. The van der Waals surface area contributed by atoms with E-state index in [2.05, 4.69) is 16.1 Å². The van der Waals surface area contributed by atoms with Crippen molar-refractivity contribution in [3.63, 3.8) is 0 Å². The maximum Gasteiger partial charge on any atom is 0.240 e. The van der Waals surface area contributed by atoms with E-state index < -0.39 is 10.0 Å². The van der Waals surface area contributed by atoms with Gasteiger partial charge in [0.15, 0.2) is 0 Å². The zero-order valence-corrected chi connectivity index (χ0v) is 15.7. The smallest absolute Gasteiger partial charge is 0.240 e. The van der Waals surface area contributed by atoms with E-state index in [9.17, 15) is 13.2 Å². The maximum absolute atomic E-state index is 12.1. The normalized spacial score (nSPS) is 14.2. The summed E-state index contributed by atoms with van der Waals surface area (Å²) in [6.45, 7) is 2.54. The van der Waals surface area contributed by atoms with Crippen molar-refractivity contribution in [2.45, 2.75) is 50.1 Å². The number of rotatable bonds is 8. The van der Waals surface area contributed by atoms with Crippen molar-refractivity contribution >= 4 is 15.9 Å². The Morgan fingerprint density at radius 3 is 2.46 bits per heavy atom. The van der Waals surface area contributed by atoms with E-state index in [1.54, 1.807) is 24.3 Å². The summed E-state index contributed by atoms with van der Waals surface area (Å²) in [6.07, 6.45) is 2.78. The third kappa shape index (κ3) is 5.41. The molecule has 3 rings (SSSR count). The monoisotopic (exact) mass is 372 g/mol. The molecule has 6 heteroatoms. The molecule has 0 bridgehead atoms. The highest BCUT2D eigenvalue weighted by atomic mass is 32.2. The number of carbonyl (C=O) groups is 1. The zero-order chi connectivity index (χ0) is 18.6. The van der Waals surface area contributed by atoms with Gasteiger partial charge in [-0.05, 0) is 49.4 Å². The van der Waals surface area contributed by atoms with Gasteiger partial charge in [-0.3, -0.25) is 4.79 Å². The van der Waals surface area contributed by atoms with Crippen molar-refractivity contribution in [1.29, 1.82) is 0 Å². The van der Waals surface area contributed by atoms with Gasteiger partial charge in [0.2, 0.25) is 15.9 Å². The number of hydrogen-bond donors (Lipinski definition) is 2. The Kier molecular flexibility index (Phi) is 5.74. The Bertz CT molecular complexity index is 872. The molecule has 26 heavy (non-hydrogen) atoms. The Labute approximate surface area is 154 Å². The van der Waals surface area contributed by atoms with Crippen LogP contribution in [-0.4, -0.2) is 20.4 Å². The third-order valence-electron chi connectivity index (χ3n) is 4.35. The van der Waals surface area contributed by atoms with Gasteiger partial charge in [-0.2, -0.15) is 0 Å². The van der Waals surface area contributed by atoms with Crippen LogP contribution < -0.4 is 10.0 Å². The zero-order valence-electron chi connectivity index (χ0n) is 14.9. The van der Waals surface area contributed by atoms with Crippen LogP contribution in [0.15, 0.2) is 53.4 Å². The lowest BCUT2D eigenvalue weighted by molar-refractivity contribution is -0.121. The minimum Gasteiger partial charge on any atom is -0.352 e. The third-order valence-corrected chi connectivity index (χ3v) is 5.88. The molecule has 1 amide bonds. The van der Waals surface area contributed by atoms with E-state index in [0.29, 0.717) is 19.4 Å². The lowest BCUT2D eigenvalue weighted by atomic mass is 10.1. The van der Waals surface area contributed by atoms with E-state index in [0.717, 1.165) is 24.0 Å². The molecule has 5 nitrogen and oxygen atoms in total. The topological polar surface area (TPSA) is 75.3 Å². The van der Waals surface area contributed by atoms with Gasteiger partial charge >= 0.3 is 0 Å². The number of carbonyl (C=O) groups excluding carboxylic acids is 1. The summed E-state index contributed by atoms with van der Waals surface area (Å²) in [7, 11) is -3.42. The molecular weight excluding hydrogens is 348 g/mol. The molecule has 0 atom stereocenters. The van der Waals surface area contributed by atoms with Gasteiger partial charge in [0.05, 0.1) is 4.90 Å². The second kappa shape index (κ2) is 8.01. The summed E-state index contributed by atoms with van der Waals surface area (Å²) in [6, 6.07) is 14.9. The van der Waals surface area contributed by atoms with Crippen molar-refractivity contribution in [1.82, 2.24) is 10.0 Å². The number of aryl methyl sites for hydroxylation is 2. The van der Waals surface area contributed by atoms with Crippen molar-refractivity contribution in [3.05, 3.63) is 65.2 Å². The summed E-state index contributed by atoms with van der Waals surface area (Å²) < 4.78 is 26.9. The summed E-state index contributed by atoms with van der Waals surface area (Å²) in [5, 5.41) is 2.92. The van der Waals surface area contributed by atoms with E-state index >= 15 is 0 Å². The van der Waals surface area contributed by atoms with Crippen LogP contribution in [0.3, 0.4) is 0 Å². The predicted molar refractivity (Wildman–Crippen MR) is 101 cm³/mol. The number of sulfonamides is 1. The lowest BCUT2D eigenvalue weighted by Gasteiger charge is -2.08. The Morgan fingerprint density at radius 1 is 1.08 bits per heavy atom.